The van der Waals surface area contributed by atoms with Gasteiger partial charge in [-0.2, -0.15) is 0 Å². The van der Waals surface area contributed by atoms with Crippen molar-refractivity contribution in [2.24, 2.45) is 5.73 Å². The second-order valence-electron chi connectivity index (χ2n) is 4.59. The highest BCUT2D eigenvalue weighted by Gasteiger charge is 2.10. The van der Waals surface area contributed by atoms with Crippen LogP contribution < -0.4 is 11.5 Å². The van der Waals surface area contributed by atoms with Gasteiger partial charge in [0.05, 0.1) is 21.4 Å². The first-order valence-electron chi connectivity index (χ1n) is 6.10. The van der Waals surface area contributed by atoms with Crippen LogP contribution in [0.15, 0.2) is 47.4 Å². The molecule has 0 spiro atoms. The van der Waals surface area contributed by atoms with E-state index in [1.54, 1.807) is 30.3 Å². The predicted molar refractivity (Wildman–Crippen MR) is 80.7 cm³/mol. The first-order valence-corrected chi connectivity index (χ1v) is 7.42. The van der Waals surface area contributed by atoms with Gasteiger partial charge in [0.15, 0.2) is 0 Å². The van der Waals surface area contributed by atoms with Gasteiger partial charge in [-0.3, -0.25) is 9.00 Å². The third-order valence-electron chi connectivity index (χ3n) is 2.95. The van der Waals surface area contributed by atoms with E-state index in [0.717, 1.165) is 11.1 Å². The summed E-state index contributed by atoms with van der Waals surface area (Å²) in [5.41, 5.74) is 13.9. The Balaban J connectivity index is 2.19. The fourth-order valence-corrected chi connectivity index (χ4v) is 3.13. The van der Waals surface area contributed by atoms with Crippen LogP contribution in [0.2, 0.25) is 0 Å². The molecule has 4 nitrogen and oxygen atoms in total. The van der Waals surface area contributed by atoms with E-state index in [4.69, 9.17) is 11.5 Å². The fourth-order valence-electron chi connectivity index (χ4n) is 1.83. The Morgan fingerprint density at radius 3 is 2.40 bits per heavy atom. The summed E-state index contributed by atoms with van der Waals surface area (Å²) in [4.78, 5) is 11.6. The Morgan fingerprint density at radius 2 is 1.80 bits per heavy atom. The van der Waals surface area contributed by atoms with E-state index in [1.807, 2.05) is 19.1 Å². The molecule has 104 valence electrons. The summed E-state index contributed by atoms with van der Waals surface area (Å²) in [6.45, 7) is 1.93. The smallest absolute Gasteiger partial charge is 0.248 e. The number of carbonyl (C=O) groups is 1. The summed E-state index contributed by atoms with van der Waals surface area (Å²) < 4.78 is 12.3. The molecular formula is C15H16N2O2S. The molecular weight excluding hydrogens is 272 g/mol. The Morgan fingerprint density at radius 1 is 1.15 bits per heavy atom. The number of hydrogen-bond acceptors (Lipinski definition) is 3. The lowest BCUT2D eigenvalue weighted by molar-refractivity contribution is 0.100. The number of amides is 1. The van der Waals surface area contributed by atoms with Crippen molar-refractivity contribution in [1.82, 2.24) is 0 Å². The zero-order valence-corrected chi connectivity index (χ0v) is 11.9. The first kappa shape index (κ1) is 14.3. The molecule has 0 saturated carbocycles. The van der Waals surface area contributed by atoms with Crippen molar-refractivity contribution in [3.05, 3.63) is 59.2 Å². The number of benzene rings is 2. The zero-order chi connectivity index (χ0) is 14.7. The maximum atomic E-state index is 12.3. The van der Waals surface area contributed by atoms with E-state index in [9.17, 15) is 9.00 Å². The average Bonchev–Trinajstić information content (AvgIpc) is 2.42. The van der Waals surface area contributed by atoms with Crippen LogP contribution in [-0.2, 0) is 16.6 Å². The molecule has 5 heteroatoms. The molecule has 1 amide bonds. The van der Waals surface area contributed by atoms with E-state index in [1.165, 1.54) is 0 Å². The Bertz CT molecular complexity index is 666. The Kier molecular flexibility index (Phi) is 4.20. The van der Waals surface area contributed by atoms with Crippen LogP contribution in [0.25, 0.3) is 0 Å². The van der Waals surface area contributed by atoms with Gasteiger partial charge in [-0.05, 0) is 42.3 Å². The predicted octanol–water partition coefficient (Wildman–Crippen LogP) is 1.98. The normalized spacial score (nSPS) is 12.1. The summed E-state index contributed by atoms with van der Waals surface area (Å²) in [6, 6.07) is 12.3. The summed E-state index contributed by atoms with van der Waals surface area (Å²) in [7, 11) is -1.21. The maximum Gasteiger partial charge on any atom is 0.248 e. The van der Waals surface area contributed by atoms with Gasteiger partial charge < -0.3 is 11.5 Å². The highest BCUT2D eigenvalue weighted by Crippen LogP contribution is 2.20. The standard InChI is InChI=1S/C15H16N2O2S/c1-10-2-7-13(16)14(8-10)20(19)9-11-3-5-12(6-4-11)15(17)18/h2-8H,9,16H2,1H3,(H2,17,18). The van der Waals surface area contributed by atoms with Crippen molar-refractivity contribution in [1.29, 1.82) is 0 Å². The number of nitrogens with two attached hydrogens (primary N) is 2. The monoisotopic (exact) mass is 288 g/mol. The second-order valence-corrected chi connectivity index (χ2v) is 6.01. The topological polar surface area (TPSA) is 86.2 Å². The number of primary amides is 1. The third kappa shape index (κ3) is 3.24. The third-order valence-corrected chi connectivity index (χ3v) is 4.39. The van der Waals surface area contributed by atoms with Gasteiger partial charge in [0, 0.05) is 11.3 Å². The van der Waals surface area contributed by atoms with E-state index >= 15 is 0 Å². The van der Waals surface area contributed by atoms with Crippen LogP contribution in [0, 0.1) is 6.92 Å². The summed E-state index contributed by atoms with van der Waals surface area (Å²) in [6.07, 6.45) is 0. The quantitative estimate of drug-likeness (QED) is 0.843. The van der Waals surface area contributed by atoms with Crippen molar-refractivity contribution < 1.29 is 9.00 Å². The van der Waals surface area contributed by atoms with Crippen LogP contribution in [0.5, 0.6) is 0 Å². The van der Waals surface area contributed by atoms with Crippen molar-refractivity contribution in [3.63, 3.8) is 0 Å². The zero-order valence-electron chi connectivity index (χ0n) is 11.1. The van der Waals surface area contributed by atoms with Gasteiger partial charge in [0.1, 0.15) is 0 Å². The summed E-state index contributed by atoms with van der Waals surface area (Å²) in [5, 5.41) is 0. The molecule has 2 aromatic carbocycles. The fraction of sp³-hybridized carbons (Fsp3) is 0.133. The van der Waals surface area contributed by atoms with Crippen LogP contribution in [0.3, 0.4) is 0 Å². The van der Waals surface area contributed by atoms with E-state index in [-0.39, 0.29) is 0 Å². The molecule has 1 unspecified atom stereocenters. The largest absolute Gasteiger partial charge is 0.398 e. The molecule has 20 heavy (non-hydrogen) atoms. The molecule has 0 bridgehead atoms. The van der Waals surface area contributed by atoms with E-state index in [2.05, 4.69) is 0 Å². The van der Waals surface area contributed by atoms with Gasteiger partial charge in [-0.25, -0.2) is 0 Å². The van der Waals surface area contributed by atoms with Crippen LogP contribution in [0.4, 0.5) is 5.69 Å². The van der Waals surface area contributed by atoms with Crippen LogP contribution >= 0.6 is 0 Å². The van der Waals surface area contributed by atoms with Gasteiger partial charge >= 0.3 is 0 Å². The van der Waals surface area contributed by atoms with Crippen molar-refractivity contribution in [3.8, 4) is 0 Å². The lowest BCUT2D eigenvalue weighted by atomic mass is 10.1. The highest BCUT2D eigenvalue weighted by molar-refractivity contribution is 7.84. The molecule has 2 aromatic rings. The minimum atomic E-state index is -1.21. The number of carbonyl (C=O) groups excluding carboxylic acids is 1. The van der Waals surface area contributed by atoms with Crippen molar-refractivity contribution in [2.45, 2.75) is 17.6 Å². The van der Waals surface area contributed by atoms with Crippen molar-refractivity contribution in [2.75, 3.05) is 5.73 Å². The van der Waals surface area contributed by atoms with Gasteiger partial charge in [0.25, 0.3) is 0 Å². The number of nitrogen functional groups attached to an aromatic ring is 1. The van der Waals surface area contributed by atoms with Gasteiger partial charge in [0.2, 0.25) is 5.91 Å². The van der Waals surface area contributed by atoms with Crippen molar-refractivity contribution >= 4 is 22.4 Å². The lowest BCUT2D eigenvalue weighted by Gasteiger charge is -2.07. The number of hydrogen-bond donors (Lipinski definition) is 2. The Hall–Kier alpha value is -2.14. The molecule has 0 fully saturated rings. The molecule has 1 atom stereocenters. The van der Waals surface area contributed by atoms with Gasteiger partial charge in [-0.1, -0.05) is 18.2 Å². The average molecular weight is 288 g/mol. The van der Waals surface area contributed by atoms with E-state index < -0.39 is 16.7 Å². The van der Waals surface area contributed by atoms with Crippen LogP contribution in [-0.4, -0.2) is 10.1 Å². The molecule has 0 aliphatic carbocycles. The Labute approximate surface area is 120 Å². The molecule has 0 radical (unpaired) electrons. The van der Waals surface area contributed by atoms with E-state index in [0.29, 0.717) is 21.9 Å². The molecule has 0 aliphatic rings. The minimum absolute atomic E-state index is 0.354. The minimum Gasteiger partial charge on any atom is -0.398 e. The molecule has 0 aromatic heterocycles. The second kappa shape index (κ2) is 5.88. The molecule has 0 aliphatic heterocycles. The highest BCUT2D eigenvalue weighted by atomic mass is 32.2. The number of aryl methyl sites for hydroxylation is 1. The number of rotatable bonds is 4. The number of anilines is 1. The lowest BCUT2D eigenvalue weighted by Crippen LogP contribution is -2.10. The van der Waals surface area contributed by atoms with Crippen LogP contribution in [0.1, 0.15) is 21.5 Å². The SMILES string of the molecule is Cc1ccc(N)c(S(=O)Cc2ccc(C(N)=O)cc2)c1. The maximum absolute atomic E-state index is 12.3. The first-order chi connectivity index (χ1) is 9.47. The molecule has 0 saturated heterocycles. The molecule has 4 N–H and O–H groups in total. The molecule has 2 rings (SSSR count). The molecule has 0 heterocycles. The van der Waals surface area contributed by atoms with Gasteiger partial charge in [-0.15, -0.1) is 0 Å². The summed E-state index contributed by atoms with van der Waals surface area (Å²) in [5.74, 6) is -0.118. The summed E-state index contributed by atoms with van der Waals surface area (Å²) >= 11 is 0.